The summed E-state index contributed by atoms with van der Waals surface area (Å²) in [6, 6.07) is 26.6. The second-order valence-electron chi connectivity index (χ2n) is 11.1. The number of carbonyl (C=O) groups is 2. The van der Waals surface area contributed by atoms with E-state index in [1.54, 1.807) is 4.90 Å². The number of nitrogens with one attached hydrogen (secondary N) is 1. The minimum atomic E-state index is -0.521. The van der Waals surface area contributed by atoms with Gasteiger partial charge in [0.1, 0.15) is 5.60 Å². The Labute approximate surface area is 238 Å². The number of hydrogen-bond donors (Lipinski definition) is 1. The molecule has 0 aromatic heterocycles. The Balaban J connectivity index is 1.60. The number of hydrogen-bond acceptors (Lipinski definition) is 5. The van der Waals surface area contributed by atoms with Gasteiger partial charge >= 0.3 is 6.09 Å². The maximum absolute atomic E-state index is 12.9. The van der Waals surface area contributed by atoms with Crippen molar-refractivity contribution in [3.8, 4) is 0 Å². The predicted molar refractivity (Wildman–Crippen MR) is 161 cm³/mol. The van der Waals surface area contributed by atoms with Crippen LogP contribution in [0.15, 0.2) is 78.9 Å². The summed E-state index contributed by atoms with van der Waals surface area (Å²) in [7, 11) is 0. The van der Waals surface area contributed by atoms with Gasteiger partial charge in [-0.2, -0.15) is 0 Å². The molecule has 40 heavy (non-hydrogen) atoms. The van der Waals surface area contributed by atoms with E-state index in [2.05, 4.69) is 46.6 Å². The highest BCUT2D eigenvalue weighted by Crippen LogP contribution is 2.32. The lowest BCUT2D eigenvalue weighted by Crippen LogP contribution is -2.51. The number of benzene rings is 3. The molecule has 1 atom stereocenters. The molecular weight excluding hydrogens is 500 g/mol. The zero-order chi connectivity index (χ0) is 28.7. The van der Waals surface area contributed by atoms with Gasteiger partial charge in [-0.25, -0.2) is 4.79 Å². The van der Waals surface area contributed by atoms with E-state index in [4.69, 9.17) is 4.74 Å². The second-order valence-corrected chi connectivity index (χ2v) is 11.1. The highest BCUT2D eigenvalue weighted by Gasteiger charge is 2.30. The van der Waals surface area contributed by atoms with Crippen LogP contribution in [0.2, 0.25) is 0 Å². The van der Waals surface area contributed by atoms with Crippen LogP contribution in [0.3, 0.4) is 0 Å². The van der Waals surface area contributed by atoms with Gasteiger partial charge in [-0.1, -0.05) is 42.5 Å². The Morgan fingerprint density at radius 1 is 0.825 bits per heavy atom. The summed E-state index contributed by atoms with van der Waals surface area (Å²) in [5.74, 6) is 0.0492. The average Bonchev–Trinajstić information content (AvgIpc) is 2.94. The molecule has 4 rings (SSSR count). The Morgan fingerprint density at radius 2 is 1.45 bits per heavy atom. The molecule has 1 aliphatic heterocycles. The van der Waals surface area contributed by atoms with Gasteiger partial charge in [0.15, 0.2) is 0 Å². The fourth-order valence-electron chi connectivity index (χ4n) is 5.08. The van der Waals surface area contributed by atoms with E-state index in [0.29, 0.717) is 44.8 Å². The molecule has 212 valence electrons. The number of rotatable bonds is 8. The first-order valence-corrected chi connectivity index (χ1v) is 14.2. The summed E-state index contributed by atoms with van der Waals surface area (Å²) in [5, 5.41) is 3.51. The minimum absolute atomic E-state index is 0.0316. The molecule has 0 spiro atoms. The van der Waals surface area contributed by atoms with Crippen molar-refractivity contribution in [3.05, 3.63) is 95.6 Å². The number of amides is 2. The summed E-state index contributed by atoms with van der Waals surface area (Å²) in [6.45, 7) is 13.6. The van der Waals surface area contributed by atoms with Gasteiger partial charge in [0.05, 0.1) is 6.04 Å². The van der Waals surface area contributed by atoms with E-state index >= 15 is 0 Å². The highest BCUT2D eigenvalue weighted by molar-refractivity contribution is 5.94. The molecule has 1 fully saturated rings. The molecule has 7 nitrogen and oxygen atoms in total. The van der Waals surface area contributed by atoms with E-state index in [1.807, 2.05) is 82.0 Å². The van der Waals surface area contributed by atoms with Crippen LogP contribution in [-0.4, -0.2) is 71.6 Å². The molecule has 3 aromatic carbocycles. The molecule has 0 bridgehead atoms. The van der Waals surface area contributed by atoms with Crippen LogP contribution in [0.5, 0.6) is 0 Å². The summed E-state index contributed by atoms with van der Waals surface area (Å²) in [6.07, 6.45) is -0.267. The Kier molecular flexibility index (Phi) is 9.48. The molecule has 2 amide bonds. The maximum atomic E-state index is 12.9. The monoisotopic (exact) mass is 542 g/mol. The molecule has 1 unspecified atom stereocenters. The van der Waals surface area contributed by atoms with Crippen LogP contribution >= 0.6 is 0 Å². The molecule has 1 heterocycles. The smallest absolute Gasteiger partial charge is 0.410 e. The fourth-order valence-corrected chi connectivity index (χ4v) is 5.08. The second kappa shape index (κ2) is 13.0. The molecular formula is C33H42N4O3. The van der Waals surface area contributed by atoms with Crippen molar-refractivity contribution < 1.29 is 14.3 Å². The van der Waals surface area contributed by atoms with Gasteiger partial charge in [-0.3, -0.25) is 9.69 Å². The molecule has 3 aromatic rings. The topological polar surface area (TPSA) is 65.1 Å². The lowest BCUT2D eigenvalue weighted by molar-refractivity contribution is 0.0119. The van der Waals surface area contributed by atoms with Crippen molar-refractivity contribution in [3.63, 3.8) is 0 Å². The molecule has 7 heteroatoms. The first-order valence-electron chi connectivity index (χ1n) is 14.2. The zero-order valence-corrected chi connectivity index (χ0v) is 24.4. The number of anilines is 2. The van der Waals surface area contributed by atoms with Gasteiger partial charge in [-0.15, -0.1) is 0 Å². The summed E-state index contributed by atoms with van der Waals surface area (Å²) < 4.78 is 5.61. The van der Waals surface area contributed by atoms with Crippen LogP contribution < -0.4 is 5.32 Å². The molecule has 1 aliphatic rings. The van der Waals surface area contributed by atoms with Crippen molar-refractivity contribution >= 4 is 23.4 Å². The van der Waals surface area contributed by atoms with Gasteiger partial charge in [0, 0.05) is 56.2 Å². The van der Waals surface area contributed by atoms with Crippen molar-refractivity contribution in [2.24, 2.45) is 0 Å². The molecule has 1 saturated heterocycles. The lowest BCUT2D eigenvalue weighted by Gasteiger charge is -2.40. The third kappa shape index (κ3) is 7.42. The zero-order valence-electron chi connectivity index (χ0n) is 24.4. The summed E-state index contributed by atoms with van der Waals surface area (Å²) >= 11 is 0. The SMILES string of the molecule is CCN(CC)C(=O)c1ccc(C(c2cccc(Nc3ccccc3)c2)N2CCN(C(=O)OC(C)(C)C)CC2)cc1. The third-order valence-electron chi connectivity index (χ3n) is 7.12. The quantitative estimate of drug-likeness (QED) is 0.350. The van der Waals surface area contributed by atoms with E-state index in [1.165, 1.54) is 0 Å². The van der Waals surface area contributed by atoms with E-state index < -0.39 is 5.60 Å². The number of para-hydroxylation sites is 1. The van der Waals surface area contributed by atoms with Crippen molar-refractivity contribution in [1.82, 2.24) is 14.7 Å². The first-order chi connectivity index (χ1) is 19.2. The lowest BCUT2D eigenvalue weighted by atomic mass is 9.94. The van der Waals surface area contributed by atoms with E-state index in [9.17, 15) is 9.59 Å². The Hall–Kier alpha value is -3.84. The van der Waals surface area contributed by atoms with E-state index in [0.717, 1.165) is 22.5 Å². The van der Waals surface area contributed by atoms with Crippen molar-refractivity contribution in [1.29, 1.82) is 0 Å². The molecule has 1 N–H and O–H groups in total. The Bertz CT molecular complexity index is 1260. The predicted octanol–water partition coefficient (Wildman–Crippen LogP) is 6.55. The van der Waals surface area contributed by atoms with Crippen molar-refractivity contribution in [2.75, 3.05) is 44.6 Å². The first kappa shape index (κ1) is 29.2. The standard InChI is InChI=1S/C33H42N4O3/c1-6-35(7-2)31(38)26-18-16-25(17-19-26)30(36-20-22-37(23-21-36)32(39)40-33(3,4)5)27-12-11-15-29(24-27)34-28-13-9-8-10-14-28/h8-19,24,30,34H,6-7,20-23H2,1-5H3. The fraction of sp³-hybridized carbons (Fsp3) is 0.394. The Morgan fingerprint density at radius 3 is 2.05 bits per heavy atom. The minimum Gasteiger partial charge on any atom is -0.444 e. The van der Waals surface area contributed by atoms with Crippen molar-refractivity contribution in [2.45, 2.75) is 46.3 Å². The van der Waals surface area contributed by atoms with E-state index in [-0.39, 0.29) is 18.0 Å². The summed E-state index contributed by atoms with van der Waals surface area (Å²) in [5.41, 5.74) is 4.47. The van der Waals surface area contributed by atoms with Gasteiger partial charge in [-0.05, 0) is 82.1 Å². The molecule has 0 aliphatic carbocycles. The van der Waals surface area contributed by atoms with Crippen LogP contribution in [-0.2, 0) is 4.74 Å². The average molecular weight is 543 g/mol. The number of piperazine rings is 1. The van der Waals surface area contributed by atoms with Crippen LogP contribution in [0.4, 0.5) is 16.2 Å². The largest absolute Gasteiger partial charge is 0.444 e. The van der Waals surface area contributed by atoms with Gasteiger partial charge in [0.25, 0.3) is 5.91 Å². The molecule has 0 radical (unpaired) electrons. The third-order valence-corrected chi connectivity index (χ3v) is 7.12. The number of carbonyl (C=O) groups excluding carboxylic acids is 2. The highest BCUT2D eigenvalue weighted by atomic mass is 16.6. The molecule has 0 saturated carbocycles. The normalized spacial score (nSPS) is 14.9. The summed E-state index contributed by atoms with van der Waals surface area (Å²) in [4.78, 5) is 31.7. The van der Waals surface area contributed by atoms with Crippen LogP contribution in [0.1, 0.15) is 62.1 Å². The van der Waals surface area contributed by atoms with Crippen LogP contribution in [0, 0.1) is 0 Å². The maximum Gasteiger partial charge on any atom is 0.410 e. The number of ether oxygens (including phenoxy) is 1. The number of nitrogens with zero attached hydrogens (tertiary/aromatic N) is 3. The van der Waals surface area contributed by atoms with Gasteiger partial charge < -0.3 is 19.9 Å². The van der Waals surface area contributed by atoms with Gasteiger partial charge in [0.2, 0.25) is 0 Å². The van der Waals surface area contributed by atoms with Crippen LogP contribution in [0.25, 0.3) is 0 Å².